The molecule has 0 spiro atoms. The average molecular weight is 411 g/mol. The second-order valence-electron chi connectivity index (χ2n) is 11.4. The molecule has 31 heavy (non-hydrogen) atoms. The van der Waals surface area contributed by atoms with Gasteiger partial charge in [0.2, 0.25) is 5.69 Å². The standard InChI is InChI=1S/C30H36N/c1-18-8-19(2)21(4)28(9-18)29-27-7-6-26(14-25(27)10-20(3)31(29)5)30-15-22-11-23(16-30)13-24(12-22)17-30/h6-10,14,22-24H,11-13,15-17H2,1-5H3/q+1. The number of hydrogen-bond donors (Lipinski definition) is 0. The van der Waals surface area contributed by atoms with Gasteiger partial charge in [-0.15, -0.1) is 0 Å². The predicted octanol–water partition coefficient (Wildman–Crippen LogP) is 7.03. The smallest absolute Gasteiger partial charge is 0.198 e. The Morgan fingerprint density at radius 1 is 0.806 bits per heavy atom. The van der Waals surface area contributed by atoms with Crippen molar-refractivity contribution in [1.29, 1.82) is 0 Å². The number of benzene rings is 2. The maximum Gasteiger partial charge on any atom is 0.220 e. The van der Waals surface area contributed by atoms with Gasteiger partial charge in [-0.25, -0.2) is 0 Å². The summed E-state index contributed by atoms with van der Waals surface area (Å²) < 4.78 is 2.40. The number of aromatic nitrogens is 1. The lowest BCUT2D eigenvalue weighted by Crippen LogP contribution is -2.48. The van der Waals surface area contributed by atoms with Gasteiger partial charge in [-0.3, -0.25) is 0 Å². The molecule has 7 rings (SSSR count). The van der Waals surface area contributed by atoms with Gasteiger partial charge in [0.15, 0.2) is 5.69 Å². The molecule has 1 heterocycles. The maximum atomic E-state index is 2.58. The molecule has 0 N–H and O–H groups in total. The lowest BCUT2D eigenvalue weighted by Gasteiger charge is -2.57. The van der Waals surface area contributed by atoms with Crippen molar-refractivity contribution in [3.8, 4) is 11.3 Å². The summed E-state index contributed by atoms with van der Waals surface area (Å²) in [6.07, 6.45) is 8.85. The molecule has 1 nitrogen and oxygen atoms in total. The Bertz CT molecular complexity index is 1180. The van der Waals surface area contributed by atoms with Gasteiger partial charge in [-0.1, -0.05) is 23.8 Å². The first kappa shape index (κ1) is 19.5. The normalized spacial score (nSPS) is 29.1. The molecular weight excluding hydrogens is 374 g/mol. The van der Waals surface area contributed by atoms with Crippen molar-refractivity contribution in [3.05, 3.63) is 64.3 Å². The summed E-state index contributed by atoms with van der Waals surface area (Å²) in [5.41, 5.74) is 10.3. The van der Waals surface area contributed by atoms with Gasteiger partial charge in [0, 0.05) is 13.0 Å². The molecule has 4 saturated carbocycles. The highest BCUT2D eigenvalue weighted by Gasteiger charge is 2.51. The van der Waals surface area contributed by atoms with Gasteiger partial charge in [-0.2, -0.15) is 4.57 Å². The summed E-state index contributed by atoms with van der Waals surface area (Å²) in [5, 5.41) is 2.83. The molecular formula is C30H36N+. The quantitative estimate of drug-likeness (QED) is 0.399. The van der Waals surface area contributed by atoms with E-state index in [1.54, 1.807) is 5.56 Å². The third kappa shape index (κ3) is 2.92. The van der Waals surface area contributed by atoms with Crippen LogP contribution in [0.3, 0.4) is 0 Å². The van der Waals surface area contributed by atoms with E-state index >= 15 is 0 Å². The zero-order chi connectivity index (χ0) is 21.5. The second-order valence-corrected chi connectivity index (χ2v) is 11.4. The second kappa shape index (κ2) is 6.67. The third-order valence-corrected chi connectivity index (χ3v) is 9.25. The number of aryl methyl sites for hydroxylation is 3. The molecule has 4 bridgehead atoms. The van der Waals surface area contributed by atoms with Gasteiger partial charge < -0.3 is 0 Å². The van der Waals surface area contributed by atoms with Crippen molar-refractivity contribution in [3.63, 3.8) is 0 Å². The van der Waals surface area contributed by atoms with E-state index in [2.05, 4.69) is 75.7 Å². The van der Waals surface area contributed by atoms with Crippen LogP contribution in [0.5, 0.6) is 0 Å². The summed E-state index contributed by atoms with van der Waals surface area (Å²) in [4.78, 5) is 0. The third-order valence-electron chi connectivity index (χ3n) is 9.25. The fourth-order valence-electron chi connectivity index (χ4n) is 7.98. The van der Waals surface area contributed by atoms with Crippen LogP contribution in [-0.4, -0.2) is 0 Å². The van der Waals surface area contributed by atoms with E-state index in [4.69, 9.17) is 0 Å². The van der Waals surface area contributed by atoms with E-state index in [1.807, 2.05) is 0 Å². The molecule has 4 aliphatic rings. The van der Waals surface area contributed by atoms with Gasteiger partial charge in [0.1, 0.15) is 7.05 Å². The highest BCUT2D eigenvalue weighted by molar-refractivity contribution is 5.94. The van der Waals surface area contributed by atoms with Crippen LogP contribution in [0.1, 0.15) is 66.5 Å². The monoisotopic (exact) mass is 410 g/mol. The fourth-order valence-corrected chi connectivity index (χ4v) is 7.98. The van der Waals surface area contributed by atoms with Crippen molar-refractivity contribution in [2.75, 3.05) is 0 Å². The fraction of sp³-hybridized carbons (Fsp3) is 0.500. The predicted molar refractivity (Wildman–Crippen MR) is 129 cm³/mol. The SMILES string of the molecule is Cc1cc(C)c(C)c(-c2c3ccc(C45CC6CC(CC(C6)C4)C5)cc3cc(C)[n+]2C)c1. The van der Waals surface area contributed by atoms with Crippen molar-refractivity contribution in [2.45, 2.75) is 71.6 Å². The van der Waals surface area contributed by atoms with E-state index in [0.29, 0.717) is 5.41 Å². The number of hydrogen-bond acceptors (Lipinski definition) is 0. The van der Waals surface area contributed by atoms with E-state index in [-0.39, 0.29) is 0 Å². The molecule has 0 saturated heterocycles. The molecule has 0 atom stereocenters. The van der Waals surface area contributed by atoms with E-state index < -0.39 is 0 Å². The van der Waals surface area contributed by atoms with Crippen molar-refractivity contribution >= 4 is 10.8 Å². The summed E-state index contributed by atoms with van der Waals surface area (Å²) in [6, 6.07) is 14.6. The average Bonchev–Trinajstić information content (AvgIpc) is 2.71. The van der Waals surface area contributed by atoms with E-state index in [0.717, 1.165) is 17.8 Å². The Morgan fingerprint density at radius 2 is 1.45 bits per heavy atom. The first-order valence-corrected chi connectivity index (χ1v) is 12.3. The number of rotatable bonds is 2. The molecule has 1 aromatic heterocycles. The number of nitrogens with zero attached hydrogens (tertiary/aromatic N) is 1. The zero-order valence-electron chi connectivity index (χ0n) is 19.9. The summed E-state index contributed by atoms with van der Waals surface area (Å²) >= 11 is 0. The van der Waals surface area contributed by atoms with Gasteiger partial charge in [0.25, 0.3) is 0 Å². The lowest BCUT2D eigenvalue weighted by atomic mass is 9.48. The topological polar surface area (TPSA) is 3.88 Å². The van der Waals surface area contributed by atoms with Crippen LogP contribution in [0.15, 0.2) is 36.4 Å². The first-order valence-electron chi connectivity index (χ1n) is 12.3. The van der Waals surface area contributed by atoms with Crippen molar-refractivity contribution in [2.24, 2.45) is 24.8 Å². The van der Waals surface area contributed by atoms with Crippen LogP contribution >= 0.6 is 0 Å². The van der Waals surface area contributed by atoms with Crippen LogP contribution in [0.2, 0.25) is 0 Å². The molecule has 4 fully saturated rings. The summed E-state index contributed by atoms with van der Waals surface area (Å²) in [7, 11) is 2.23. The molecule has 0 amide bonds. The minimum Gasteiger partial charge on any atom is -0.198 e. The molecule has 4 aliphatic carbocycles. The first-order chi connectivity index (χ1) is 14.8. The van der Waals surface area contributed by atoms with Crippen LogP contribution in [0, 0.1) is 45.4 Å². The number of pyridine rings is 1. The molecule has 1 heteroatoms. The van der Waals surface area contributed by atoms with E-state index in [1.165, 1.54) is 82.9 Å². The Labute approximate surface area is 187 Å². The minimum absolute atomic E-state index is 0.463. The molecule has 3 aromatic rings. The molecule has 2 aromatic carbocycles. The van der Waals surface area contributed by atoms with Gasteiger partial charge >= 0.3 is 0 Å². The van der Waals surface area contributed by atoms with E-state index in [9.17, 15) is 0 Å². The Balaban J connectivity index is 1.54. The molecule has 0 radical (unpaired) electrons. The van der Waals surface area contributed by atoms with Crippen LogP contribution in [0.25, 0.3) is 22.0 Å². The number of fused-ring (bicyclic) bond motifs is 1. The van der Waals surface area contributed by atoms with Crippen molar-refractivity contribution < 1.29 is 4.57 Å². The zero-order valence-corrected chi connectivity index (χ0v) is 19.9. The Hall–Kier alpha value is -2.15. The Morgan fingerprint density at radius 3 is 2.10 bits per heavy atom. The lowest BCUT2D eigenvalue weighted by molar-refractivity contribution is -0.665. The molecule has 0 unspecified atom stereocenters. The molecule has 0 aliphatic heterocycles. The summed E-state index contributed by atoms with van der Waals surface area (Å²) in [6.45, 7) is 9.01. The maximum absolute atomic E-state index is 2.58. The van der Waals surface area contributed by atoms with Crippen LogP contribution < -0.4 is 4.57 Å². The van der Waals surface area contributed by atoms with Gasteiger partial charge in [-0.05, 0) is 117 Å². The van der Waals surface area contributed by atoms with Gasteiger partial charge in [0.05, 0.1) is 10.9 Å². The van der Waals surface area contributed by atoms with Crippen LogP contribution in [-0.2, 0) is 12.5 Å². The highest BCUT2D eigenvalue weighted by Crippen LogP contribution is 2.60. The highest BCUT2D eigenvalue weighted by atomic mass is 14.9. The minimum atomic E-state index is 0.463. The largest absolute Gasteiger partial charge is 0.220 e. The Kier molecular flexibility index (Phi) is 4.20. The van der Waals surface area contributed by atoms with Crippen LogP contribution in [0.4, 0.5) is 0 Å². The summed E-state index contributed by atoms with van der Waals surface area (Å²) in [5.74, 6) is 2.97. The van der Waals surface area contributed by atoms with Crippen molar-refractivity contribution in [1.82, 2.24) is 0 Å². The molecule has 160 valence electrons.